The van der Waals surface area contributed by atoms with E-state index in [0.29, 0.717) is 34.2 Å². The predicted octanol–water partition coefficient (Wildman–Crippen LogP) is 5.36. The summed E-state index contributed by atoms with van der Waals surface area (Å²) in [6.07, 6.45) is 0. The van der Waals surface area contributed by atoms with Gasteiger partial charge in [0.25, 0.3) is 11.7 Å². The Bertz CT molecular complexity index is 1450. The summed E-state index contributed by atoms with van der Waals surface area (Å²) >= 11 is 0. The van der Waals surface area contributed by atoms with Crippen LogP contribution in [0, 0.1) is 0 Å². The number of nitrogens with zero attached hydrogens (tertiary/aromatic N) is 1. The van der Waals surface area contributed by atoms with Crippen LogP contribution >= 0.6 is 0 Å². The molecule has 1 atom stereocenters. The molecule has 196 valence electrons. The van der Waals surface area contributed by atoms with E-state index in [1.165, 1.54) is 19.1 Å². The maximum absolute atomic E-state index is 13.6. The average molecular weight is 516 g/mol. The second-order valence-electron chi connectivity index (χ2n) is 10.1. The van der Waals surface area contributed by atoms with Crippen molar-refractivity contribution in [3.8, 4) is 23.0 Å². The Balaban J connectivity index is 1.73. The zero-order chi connectivity index (χ0) is 27.2. The van der Waals surface area contributed by atoms with Crippen LogP contribution in [0.15, 0.2) is 66.2 Å². The molecule has 1 saturated heterocycles. The van der Waals surface area contributed by atoms with Gasteiger partial charge in [-0.1, -0.05) is 45.0 Å². The molecule has 2 aliphatic rings. The van der Waals surface area contributed by atoms with Crippen LogP contribution in [0.25, 0.3) is 5.76 Å². The van der Waals surface area contributed by atoms with E-state index in [4.69, 9.17) is 18.9 Å². The van der Waals surface area contributed by atoms with Crippen molar-refractivity contribution in [1.29, 1.82) is 0 Å². The van der Waals surface area contributed by atoms with E-state index < -0.39 is 17.7 Å². The van der Waals surface area contributed by atoms with Crippen molar-refractivity contribution >= 4 is 23.1 Å². The van der Waals surface area contributed by atoms with E-state index in [0.717, 1.165) is 5.56 Å². The van der Waals surface area contributed by atoms with Crippen LogP contribution in [0.3, 0.4) is 0 Å². The fraction of sp³-hybridized carbons (Fsp3) is 0.267. The lowest BCUT2D eigenvalue weighted by molar-refractivity contribution is -0.132. The van der Waals surface area contributed by atoms with Gasteiger partial charge in [0.15, 0.2) is 11.5 Å². The summed E-state index contributed by atoms with van der Waals surface area (Å²) in [5.41, 5.74) is 2.30. The molecule has 0 bridgehead atoms. The smallest absolute Gasteiger partial charge is 0.300 e. The molecule has 0 spiro atoms. The highest BCUT2D eigenvalue weighted by molar-refractivity contribution is 6.51. The number of ketones is 1. The van der Waals surface area contributed by atoms with Gasteiger partial charge in [0.2, 0.25) is 6.79 Å². The molecular formula is C30H29NO7. The second-order valence-corrected chi connectivity index (χ2v) is 10.1. The summed E-state index contributed by atoms with van der Waals surface area (Å²) in [4.78, 5) is 28.5. The normalized spacial score (nSPS) is 18.1. The molecule has 8 heteroatoms. The number of rotatable bonds is 5. The van der Waals surface area contributed by atoms with Gasteiger partial charge >= 0.3 is 0 Å². The minimum atomic E-state index is -0.903. The molecule has 0 aliphatic carbocycles. The van der Waals surface area contributed by atoms with Crippen molar-refractivity contribution in [2.45, 2.75) is 32.2 Å². The topological polar surface area (TPSA) is 94.5 Å². The van der Waals surface area contributed by atoms with Crippen molar-refractivity contribution in [3.05, 3.63) is 82.9 Å². The number of ether oxygens (including phenoxy) is 4. The summed E-state index contributed by atoms with van der Waals surface area (Å²) in [5.74, 6) is -0.111. The molecule has 1 N–H and O–H groups in total. The van der Waals surface area contributed by atoms with E-state index in [1.807, 2.05) is 24.3 Å². The summed E-state index contributed by atoms with van der Waals surface area (Å²) < 4.78 is 21.7. The first-order valence-electron chi connectivity index (χ1n) is 12.2. The highest BCUT2D eigenvalue weighted by atomic mass is 16.7. The Hall–Kier alpha value is -4.46. The van der Waals surface area contributed by atoms with Gasteiger partial charge < -0.3 is 24.1 Å². The zero-order valence-corrected chi connectivity index (χ0v) is 21.9. The van der Waals surface area contributed by atoms with E-state index in [-0.39, 0.29) is 29.1 Å². The lowest BCUT2D eigenvalue weighted by Crippen LogP contribution is -2.29. The number of hydrogen-bond acceptors (Lipinski definition) is 7. The van der Waals surface area contributed by atoms with Gasteiger partial charge in [-0.25, -0.2) is 0 Å². The molecule has 0 aromatic heterocycles. The minimum absolute atomic E-state index is 0.0530. The van der Waals surface area contributed by atoms with E-state index in [2.05, 4.69) is 20.8 Å². The van der Waals surface area contributed by atoms with E-state index in [1.54, 1.807) is 36.4 Å². The van der Waals surface area contributed by atoms with Crippen molar-refractivity contribution in [3.63, 3.8) is 0 Å². The van der Waals surface area contributed by atoms with Gasteiger partial charge in [0.05, 0.1) is 31.4 Å². The zero-order valence-electron chi connectivity index (χ0n) is 21.9. The SMILES string of the molecule is COc1ccc(OC)c(/C(O)=C2\C(=O)C(=O)N(c3ccc4c(c3)OCO4)C2c2ccc(C(C)(C)C)cc2)c1. The molecule has 1 fully saturated rings. The molecular weight excluding hydrogens is 486 g/mol. The number of methoxy groups -OCH3 is 2. The second kappa shape index (κ2) is 9.45. The van der Waals surface area contributed by atoms with Gasteiger partial charge in [-0.05, 0) is 46.9 Å². The Morgan fingerprint density at radius 1 is 0.921 bits per heavy atom. The maximum atomic E-state index is 13.6. The molecule has 1 amide bonds. The molecule has 2 aliphatic heterocycles. The van der Waals surface area contributed by atoms with Gasteiger partial charge in [-0.3, -0.25) is 14.5 Å². The Morgan fingerprint density at radius 2 is 1.63 bits per heavy atom. The lowest BCUT2D eigenvalue weighted by Gasteiger charge is -2.27. The Labute approximate surface area is 221 Å². The molecule has 38 heavy (non-hydrogen) atoms. The molecule has 0 saturated carbocycles. The standard InChI is InChI=1S/C30H29NO7/c1-30(2,3)18-8-6-17(7-9-18)26-25(27(32)21-15-20(35-4)11-13-22(21)36-5)28(33)29(34)31(26)19-10-12-23-24(14-19)38-16-37-23/h6-15,26,32H,16H2,1-5H3/b27-25+. The lowest BCUT2D eigenvalue weighted by atomic mass is 9.85. The first-order valence-corrected chi connectivity index (χ1v) is 12.2. The fourth-order valence-electron chi connectivity index (χ4n) is 4.76. The largest absolute Gasteiger partial charge is 0.507 e. The first-order chi connectivity index (χ1) is 18.1. The predicted molar refractivity (Wildman–Crippen MR) is 142 cm³/mol. The molecule has 5 rings (SSSR count). The number of hydrogen-bond donors (Lipinski definition) is 1. The third-order valence-electron chi connectivity index (χ3n) is 6.83. The molecule has 3 aromatic carbocycles. The highest BCUT2D eigenvalue weighted by Crippen LogP contribution is 2.46. The molecule has 3 aromatic rings. The maximum Gasteiger partial charge on any atom is 0.300 e. The highest BCUT2D eigenvalue weighted by Gasteiger charge is 2.47. The van der Waals surface area contributed by atoms with Gasteiger partial charge in [-0.2, -0.15) is 0 Å². The quantitative estimate of drug-likeness (QED) is 0.278. The van der Waals surface area contributed by atoms with Crippen molar-refractivity contribution in [2.24, 2.45) is 0 Å². The fourth-order valence-corrected chi connectivity index (χ4v) is 4.76. The van der Waals surface area contributed by atoms with Crippen molar-refractivity contribution < 1.29 is 33.6 Å². The van der Waals surface area contributed by atoms with Crippen molar-refractivity contribution in [2.75, 3.05) is 25.9 Å². The van der Waals surface area contributed by atoms with Crippen LogP contribution in [0.4, 0.5) is 5.69 Å². The van der Waals surface area contributed by atoms with Gasteiger partial charge in [0.1, 0.15) is 17.3 Å². The first kappa shape index (κ1) is 25.2. The number of fused-ring (bicyclic) bond motifs is 1. The number of Topliss-reactive ketones (excluding diaryl/α,β-unsaturated/α-hetero) is 1. The number of anilines is 1. The summed E-state index contributed by atoms with van der Waals surface area (Å²) in [5, 5.41) is 11.6. The van der Waals surface area contributed by atoms with Crippen LogP contribution in [0.1, 0.15) is 43.5 Å². The summed E-state index contributed by atoms with van der Waals surface area (Å²) in [7, 11) is 2.97. The number of aliphatic hydroxyl groups excluding tert-OH is 1. The molecule has 8 nitrogen and oxygen atoms in total. The van der Waals surface area contributed by atoms with Crippen LogP contribution in [0.5, 0.6) is 23.0 Å². The molecule has 1 unspecified atom stereocenters. The van der Waals surface area contributed by atoms with Crippen LogP contribution in [-0.2, 0) is 15.0 Å². The minimum Gasteiger partial charge on any atom is -0.507 e. The Kier molecular flexibility index (Phi) is 6.26. The van der Waals surface area contributed by atoms with Gasteiger partial charge in [-0.15, -0.1) is 0 Å². The average Bonchev–Trinajstić information content (AvgIpc) is 3.49. The van der Waals surface area contributed by atoms with Crippen LogP contribution < -0.4 is 23.8 Å². The third kappa shape index (κ3) is 4.22. The van der Waals surface area contributed by atoms with Crippen molar-refractivity contribution in [1.82, 2.24) is 0 Å². The monoisotopic (exact) mass is 515 g/mol. The molecule has 0 radical (unpaired) electrons. The Morgan fingerprint density at radius 3 is 2.29 bits per heavy atom. The number of aliphatic hydroxyl groups is 1. The van der Waals surface area contributed by atoms with Gasteiger partial charge in [0, 0.05) is 11.8 Å². The number of carbonyl (C=O) groups excluding carboxylic acids is 2. The van der Waals surface area contributed by atoms with Crippen LogP contribution in [-0.4, -0.2) is 37.8 Å². The summed E-state index contributed by atoms with van der Waals surface area (Å²) in [6.45, 7) is 6.40. The number of amides is 1. The van der Waals surface area contributed by atoms with E-state index >= 15 is 0 Å². The number of carbonyl (C=O) groups is 2. The summed E-state index contributed by atoms with van der Waals surface area (Å²) in [6, 6.07) is 16.8. The third-order valence-corrected chi connectivity index (χ3v) is 6.83. The number of benzene rings is 3. The van der Waals surface area contributed by atoms with Crippen LogP contribution in [0.2, 0.25) is 0 Å². The van der Waals surface area contributed by atoms with E-state index in [9.17, 15) is 14.7 Å². The molecule has 2 heterocycles.